The first kappa shape index (κ1) is 10.1. The summed E-state index contributed by atoms with van der Waals surface area (Å²) in [6, 6.07) is 1.42. The quantitative estimate of drug-likeness (QED) is 0.677. The van der Waals surface area contributed by atoms with Crippen LogP contribution in [0.2, 0.25) is 5.02 Å². The highest BCUT2D eigenvalue weighted by Gasteiger charge is 2.17. The van der Waals surface area contributed by atoms with Gasteiger partial charge in [0.15, 0.2) is 0 Å². The van der Waals surface area contributed by atoms with E-state index in [9.17, 15) is 12.9 Å². The van der Waals surface area contributed by atoms with Gasteiger partial charge in [0.05, 0.1) is 5.02 Å². The van der Waals surface area contributed by atoms with Gasteiger partial charge in [-0.15, -0.1) is 5.98 Å². The fourth-order valence-corrected chi connectivity index (χ4v) is 0.916. The van der Waals surface area contributed by atoms with Crippen molar-refractivity contribution in [2.75, 3.05) is 0 Å². The Balaban J connectivity index is 2.86. The molecule has 0 bridgehead atoms. The molecule has 1 nitrogen and oxygen atoms in total. The van der Waals surface area contributed by atoms with E-state index in [0.29, 0.717) is 5.56 Å². The van der Waals surface area contributed by atoms with Gasteiger partial charge < -0.3 is 12.9 Å². The van der Waals surface area contributed by atoms with Gasteiger partial charge in [-0.05, 0) is 11.6 Å². The van der Waals surface area contributed by atoms with Gasteiger partial charge in [0.1, 0.15) is 0 Å². The molecule has 1 rings (SSSR count). The predicted octanol–water partition coefficient (Wildman–Crippen LogP) is 3.13. The van der Waals surface area contributed by atoms with Gasteiger partial charge in [-0.1, -0.05) is 17.7 Å². The van der Waals surface area contributed by atoms with Crippen molar-refractivity contribution in [3.05, 3.63) is 35.0 Å². The average Bonchev–Trinajstić information content (AvgIpc) is 2.01. The summed E-state index contributed by atoms with van der Waals surface area (Å²) in [6.07, 6.45) is 3.61. The number of pyridine rings is 1. The third-order valence-electron chi connectivity index (χ3n) is 1.30. The zero-order valence-electron chi connectivity index (χ0n) is 6.42. The van der Waals surface area contributed by atoms with Crippen LogP contribution in [0.4, 0.5) is 12.9 Å². The maximum Gasteiger partial charge on any atom is 0.502 e. The maximum atomic E-state index is 11.8. The van der Waals surface area contributed by atoms with Crippen molar-refractivity contribution in [3.63, 3.8) is 0 Å². The molecule has 0 spiro atoms. The van der Waals surface area contributed by atoms with Gasteiger partial charge in [-0.25, -0.2) is 0 Å². The molecule has 0 aliphatic heterocycles. The standard InChI is InChI=1S/C7H5BClF3N/c9-7-5-13-4-2-6(7)1-3-8(10,11)12/h1-5H/q-1/b3-1+. The summed E-state index contributed by atoms with van der Waals surface area (Å²) < 4.78 is 35.4. The van der Waals surface area contributed by atoms with Crippen molar-refractivity contribution in [1.82, 2.24) is 4.98 Å². The van der Waals surface area contributed by atoms with Crippen LogP contribution in [0.3, 0.4) is 0 Å². The SMILES string of the molecule is F[B-](F)(F)/C=C/c1ccncc1Cl. The van der Waals surface area contributed by atoms with Crippen molar-refractivity contribution in [2.45, 2.75) is 0 Å². The molecule has 0 N–H and O–H groups in total. The number of nitrogens with zero attached hydrogens (tertiary/aromatic N) is 1. The van der Waals surface area contributed by atoms with E-state index in [1.807, 2.05) is 0 Å². The van der Waals surface area contributed by atoms with Crippen LogP contribution >= 0.6 is 11.6 Å². The van der Waals surface area contributed by atoms with Crippen LogP contribution in [0.5, 0.6) is 0 Å². The Hall–Kier alpha value is -0.965. The Morgan fingerprint density at radius 1 is 1.38 bits per heavy atom. The van der Waals surface area contributed by atoms with E-state index in [0.717, 1.165) is 6.08 Å². The van der Waals surface area contributed by atoms with Crippen LogP contribution in [0.25, 0.3) is 6.08 Å². The Bertz CT molecular complexity index is 324. The fourth-order valence-electron chi connectivity index (χ4n) is 0.734. The number of aromatic nitrogens is 1. The molecule has 70 valence electrons. The highest BCUT2D eigenvalue weighted by Crippen LogP contribution is 2.18. The van der Waals surface area contributed by atoms with Crippen LogP contribution in [-0.4, -0.2) is 12.0 Å². The summed E-state index contributed by atoms with van der Waals surface area (Å²) in [4.78, 5) is 3.65. The normalized spacial score (nSPS) is 12.3. The van der Waals surface area contributed by atoms with Gasteiger partial charge in [0.25, 0.3) is 0 Å². The van der Waals surface area contributed by atoms with Gasteiger partial charge in [-0.3, -0.25) is 4.98 Å². The minimum Gasteiger partial charge on any atom is -0.445 e. The van der Waals surface area contributed by atoms with E-state index in [-0.39, 0.29) is 11.0 Å². The lowest BCUT2D eigenvalue weighted by Crippen LogP contribution is -2.09. The number of rotatable bonds is 2. The van der Waals surface area contributed by atoms with E-state index < -0.39 is 6.98 Å². The van der Waals surface area contributed by atoms with Gasteiger partial charge in [0.2, 0.25) is 0 Å². The van der Waals surface area contributed by atoms with Crippen LogP contribution < -0.4 is 0 Å². The Labute approximate surface area is 78.3 Å². The molecular formula is C7H5BClF3N-. The second-order valence-corrected chi connectivity index (χ2v) is 2.79. The maximum absolute atomic E-state index is 11.8. The number of halogens is 4. The largest absolute Gasteiger partial charge is 0.502 e. The predicted molar refractivity (Wildman–Crippen MR) is 47.4 cm³/mol. The van der Waals surface area contributed by atoms with E-state index in [2.05, 4.69) is 4.98 Å². The first-order valence-corrected chi connectivity index (χ1v) is 3.85. The monoisotopic (exact) mass is 206 g/mol. The van der Waals surface area contributed by atoms with Crippen LogP contribution in [0.15, 0.2) is 24.4 Å². The molecule has 0 saturated carbocycles. The second-order valence-electron chi connectivity index (χ2n) is 2.38. The van der Waals surface area contributed by atoms with E-state index >= 15 is 0 Å². The Kier molecular flexibility index (Phi) is 2.98. The number of hydrogen-bond acceptors (Lipinski definition) is 1. The highest BCUT2D eigenvalue weighted by atomic mass is 35.5. The summed E-state index contributed by atoms with van der Waals surface area (Å²) in [5, 5.41) is 0.207. The first-order chi connectivity index (χ1) is 5.99. The van der Waals surface area contributed by atoms with E-state index in [1.54, 1.807) is 0 Å². The zero-order valence-corrected chi connectivity index (χ0v) is 7.18. The third-order valence-corrected chi connectivity index (χ3v) is 1.61. The Morgan fingerprint density at radius 2 is 2.08 bits per heavy atom. The lowest BCUT2D eigenvalue weighted by molar-refractivity contribution is 0.499. The lowest BCUT2D eigenvalue weighted by atomic mass is 9.91. The molecule has 0 radical (unpaired) electrons. The highest BCUT2D eigenvalue weighted by molar-refractivity contribution is 6.65. The van der Waals surface area contributed by atoms with Crippen LogP contribution in [0.1, 0.15) is 5.56 Å². The van der Waals surface area contributed by atoms with Crippen LogP contribution in [-0.2, 0) is 0 Å². The topological polar surface area (TPSA) is 12.9 Å². The molecule has 0 aliphatic carbocycles. The molecule has 0 fully saturated rings. The summed E-state index contributed by atoms with van der Waals surface area (Å²) in [5.74, 6) is 0.196. The molecular weight excluding hydrogens is 201 g/mol. The second kappa shape index (κ2) is 3.83. The van der Waals surface area contributed by atoms with Gasteiger partial charge >= 0.3 is 6.98 Å². The molecule has 0 unspecified atom stereocenters. The Morgan fingerprint density at radius 3 is 2.62 bits per heavy atom. The van der Waals surface area contributed by atoms with Crippen molar-refractivity contribution >= 4 is 24.7 Å². The summed E-state index contributed by atoms with van der Waals surface area (Å²) in [6.45, 7) is -4.90. The zero-order chi connectivity index (χ0) is 9.90. The van der Waals surface area contributed by atoms with Crippen molar-refractivity contribution in [1.29, 1.82) is 0 Å². The lowest BCUT2D eigenvalue weighted by Gasteiger charge is -2.06. The third kappa shape index (κ3) is 3.50. The number of hydrogen-bond donors (Lipinski definition) is 0. The molecule has 1 aromatic rings. The molecule has 0 amide bonds. The minimum absolute atomic E-state index is 0.196. The summed E-state index contributed by atoms with van der Waals surface area (Å²) in [7, 11) is 0. The summed E-state index contributed by atoms with van der Waals surface area (Å²) >= 11 is 5.58. The summed E-state index contributed by atoms with van der Waals surface area (Å²) in [5.41, 5.74) is 0.316. The molecule has 6 heteroatoms. The molecule has 13 heavy (non-hydrogen) atoms. The molecule has 0 atom stereocenters. The first-order valence-electron chi connectivity index (χ1n) is 3.48. The average molecular weight is 206 g/mol. The smallest absolute Gasteiger partial charge is 0.445 e. The molecule has 0 aliphatic rings. The molecule has 1 aromatic heterocycles. The van der Waals surface area contributed by atoms with Crippen molar-refractivity contribution in [2.24, 2.45) is 0 Å². The molecule has 0 aromatic carbocycles. The fraction of sp³-hybridized carbons (Fsp3) is 0. The van der Waals surface area contributed by atoms with E-state index in [4.69, 9.17) is 11.6 Å². The van der Waals surface area contributed by atoms with Gasteiger partial charge in [0, 0.05) is 12.4 Å². The van der Waals surface area contributed by atoms with Crippen LogP contribution in [0, 0.1) is 0 Å². The van der Waals surface area contributed by atoms with E-state index in [1.165, 1.54) is 18.5 Å². The van der Waals surface area contributed by atoms with Crippen molar-refractivity contribution < 1.29 is 12.9 Å². The molecule has 1 heterocycles. The molecule has 0 saturated heterocycles. The van der Waals surface area contributed by atoms with Gasteiger partial charge in [-0.2, -0.15) is 0 Å². The minimum atomic E-state index is -4.90. The van der Waals surface area contributed by atoms with Crippen molar-refractivity contribution in [3.8, 4) is 0 Å².